The van der Waals surface area contributed by atoms with E-state index < -0.39 is 0 Å². The van der Waals surface area contributed by atoms with Gasteiger partial charge in [0.15, 0.2) is 6.23 Å². The lowest BCUT2D eigenvalue weighted by atomic mass is 10.2. The summed E-state index contributed by atoms with van der Waals surface area (Å²) in [5.41, 5.74) is 2.72. The number of aromatic nitrogens is 3. The average Bonchev–Trinajstić information content (AvgIpc) is 3.27. The molecule has 2 aromatic carbocycles. The van der Waals surface area contributed by atoms with Crippen LogP contribution in [-0.2, 0) is 11.3 Å². The van der Waals surface area contributed by atoms with Crippen molar-refractivity contribution in [1.29, 1.82) is 0 Å². The zero-order valence-corrected chi connectivity index (χ0v) is 14.1. The van der Waals surface area contributed by atoms with Crippen molar-refractivity contribution in [2.45, 2.75) is 12.8 Å². The van der Waals surface area contributed by atoms with Gasteiger partial charge < -0.3 is 9.64 Å². The van der Waals surface area contributed by atoms with E-state index in [0.29, 0.717) is 18.2 Å². The van der Waals surface area contributed by atoms with Crippen molar-refractivity contribution in [2.24, 2.45) is 0 Å². The minimum Gasteiger partial charge on any atom is -0.350 e. The van der Waals surface area contributed by atoms with Crippen LogP contribution in [0.4, 0.5) is 10.1 Å². The Morgan fingerprint density at radius 3 is 2.64 bits per heavy atom. The molecule has 1 aliphatic heterocycles. The Morgan fingerprint density at radius 1 is 1.12 bits per heavy atom. The van der Waals surface area contributed by atoms with Crippen molar-refractivity contribution in [3.05, 3.63) is 76.8 Å². The second-order valence-electron chi connectivity index (χ2n) is 5.86. The second kappa shape index (κ2) is 6.82. The maximum absolute atomic E-state index is 13.1. The quantitative estimate of drug-likeness (QED) is 0.714. The number of hydrogen-bond acceptors (Lipinski definition) is 4. The molecule has 4 rings (SSSR count). The van der Waals surface area contributed by atoms with Gasteiger partial charge in [0.2, 0.25) is 0 Å². The summed E-state index contributed by atoms with van der Waals surface area (Å²) in [6.45, 7) is 1.92. The van der Waals surface area contributed by atoms with Crippen molar-refractivity contribution in [3.8, 4) is 0 Å². The molecule has 3 aromatic rings. The smallest absolute Gasteiger partial charge is 0.177 e. The molecule has 1 aromatic heterocycles. The fourth-order valence-corrected chi connectivity index (χ4v) is 3.02. The lowest BCUT2D eigenvalue weighted by Crippen LogP contribution is -2.23. The summed E-state index contributed by atoms with van der Waals surface area (Å²) in [4.78, 5) is 2.05. The number of nitrogens with zero attached hydrogens (tertiary/aromatic N) is 4. The van der Waals surface area contributed by atoms with E-state index in [4.69, 9.17) is 16.3 Å². The molecule has 25 heavy (non-hydrogen) atoms. The maximum Gasteiger partial charge on any atom is 0.177 e. The van der Waals surface area contributed by atoms with Crippen LogP contribution in [0.3, 0.4) is 0 Å². The van der Waals surface area contributed by atoms with Gasteiger partial charge in [-0.1, -0.05) is 28.9 Å². The first kappa shape index (κ1) is 16.1. The van der Waals surface area contributed by atoms with Crippen molar-refractivity contribution in [3.63, 3.8) is 0 Å². The second-order valence-corrected chi connectivity index (χ2v) is 6.30. The van der Waals surface area contributed by atoms with Gasteiger partial charge >= 0.3 is 0 Å². The molecule has 7 heteroatoms. The van der Waals surface area contributed by atoms with Gasteiger partial charge in [0.1, 0.15) is 11.5 Å². The Kier molecular flexibility index (Phi) is 4.38. The monoisotopic (exact) mass is 358 g/mol. The third-order valence-corrected chi connectivity index (χ3v) is 4.37. The minimum absolute atomic E-state index is 0.255. The molecule has 2 heterocycles. The van der Waals surface area contributed by atoms with Crippen molar-refractivity contribution in [1.82, 2.24) is 15.0 Å². The zero-order valence-electron chi connectivity index (χ0n) is 13.3. The zero-order chi connectivity index (χ0) is 17.2. The molecule has 0 radical (unpaired) electrons. The van der Waals surface area contributed by atoms with Gasteiger partial charge in [-0.3, -0.25) is 0 Å². The minimum atomic E-state index is -0.315. The van der Waals surface area contributed by atoms with Gasteiger partial charge in [0.25, 0.3) is 0 Å². The summed E-state index contributed by atoms with van der Waals surface area (Å²) in [5.74, 6) is -0.255. The van der Waals surface area contributed by atoms with E-state index in [9.17, 15) is 4.39 Å². The normalized spacial score (nSPS) is 17.2. The third-order valence-electron chi connectivity index (χ3n) is 4.12. The van der Waals surface area contributed by atoms with E-state index in [1.54, 1.807) is 16.8 Å². The standard InChI is InChI=1S/C18H16ClFN4O/c19-14-3-1-13(2-4-14)11-23-12-17(21-22-23)18-24(9-10-25-18)16-7-5-15(20)6-8-16/h1-8,12,18H,9-11H2/t18-/m0/s1. The predicted molar refractivity (Wildman–Crippen MR) is 93.0 cm³/mol. The molecule has 0 spiro atoms. The van der Waals surface area contributed by atoms with Gasteiger partial charge in [-0.2, -0.15) is 0 Å². The van der Waals surface area contributed by atoms with E-state index in [1.807, 2.05) is 30.5 Å². The SMILES string of the molecule is Fc1ccc(N2CCO[C@H]2c2cn(Cc3ccc(Cl)cc3)nn2)cc1. The summed E-state index contributed by atoms with van der Waals surface area (Å²) >= 11 is 5.91. The van der Waals surface area contributed by atoms with E-state index >= 15 is 0 Å². The highest BCUT2D eigenvalue weighted by Crippen LogP contribution is 2.31. The summed E-state index contributed by atoms with van der Waals surface area (Å²) in [6, 6.07) is 14.0. The van der Waals surface area contributed by atoms with E-state index in [2.05, 4.69) is 15.2 Å². The summed E-state index contributed by atoms with van der Waals surface area (Å²) in [6.07, 6.45) is 1.56. The fourth-order valence-electron chi connectivity index (χ4n) is 2.89. The molecule has 1 saturated heterocycles. The van der Waals surface area contributed by atoms with E-state index in [0.717, 1.165) is 23.5 Å². The Morgan fingerprint density at radius 2 is 1.88 bits per heavy atom. The summed E-state index contributed by atoms with van der Waals surface area (Å²) in [7, 11) is 0. The van der Waals surface area contributed by atoms with Gasteiger partial charge in [0, 0.05) is 17.3 Å². The molecular weight excluding hydrogens is 343 g/mol. The van der Waals surface area contributed by atoms with Crippen LogP contribution >= 0.6 is 11.6 Å². The number of benzene rings is 2. The van der Waals surface area contributed by atoms with Crippen LogP contribution in [0.2, 0.25) is 5.02 Å². The van der Waals surface area contributed by atoms with Crippen LogP contribution in [0, 0.1) is 5.82 Å². The van der Waals surface area contributed by atoms with E-state index in [-0.39, 0.29) is 12.0 Å². The maximum atomic E-state index is 13.1. The first-order valence-corrected chi connectivity index (χ1v) is 8.35. The number of ether oxygens (including phenoxy) is 1. The van der Waals surface area contributed by atoms with Crippen LogP contribution in [0.15, 0.2) is 54.7 Å². The number of anilines is 1. The molecule has 0 aliphatic carbocycles. The molecule has 1 atom stereocenters. The van der Waals surface area contributed by atoms with Crippen LogP contribution in [0.25, 0.3) is 0 Å². The fraction of sp³-hybridized carbons (Fsp3) is 0.222. The first-order chi connectivity index (χ1) is 12.2. The molecular formula is C18H16ClFN4O. The predicted octanol–water partition coefficient (Wildman–Crippen LogP) is 3.65. The Bertz CT molecular complexity index is 850. The highest BCUT2D eigenvalue weighted by molar-refractivity contribution is 6.30. The lowest BCUT2D eigenvalue weighted by molar-refractivity contribution is 0.110. The third kappa shape index (κ3) is 3.50. The summed E-state index contributed by atoms with van der Waals surface area (Å²) in [5, 5.41) is 9.14. The first-order valence-electron chi connectivity index (χ1n) is 7.97. The Balaban J connectivity index is 1.52. The number of halogens is 2. The van der Waals surface area contributed by atoms with Crippen molar-refractivity contribution >= 4 is 17.3 Å². The molecule has 1 aliphatic rings. The molecule has 0 amide bonds. The Hall–Kier alpha value is -2.44. The van der Waals surface area contributed by atoms with Gasteiger partial charge in [0.05, 0.1) is 19.3 Å². The molecule has 1 fully saturated rings. The number of rotatable bonds is 4. The van der Waals surface area contributed by atoms with Crippen molar-refractivity contribution in [2.75, 3.05) is 18.1 Å². The molecule has 0 N–H and O–H groups in total. The van der Waals surface area contributed by atoms with Crippen LogP contribution in [-0.4, -0.2) is 28.1 Å². The molecule has 0 bridgehead atoms. The van der Waals surface area contributed by atoms with Crippen LogP contribution < -0.4 is 4.90 Å². The van der Waals surface area contributed by atoms with Crippen LogP contribution in [0.1, 0.15) is 17.5 Å². The van der Waals surface area contributed by atoms with Gasteiger partial charge in [-0.25, -0.2) is 9.07 Å². The topological polar surface area (TPSA) is 43.2 Å². The number of hydrogen-bond donors (Lipinski definition) is 0. The van der Waals surface area contributed by atoms with E-state index in [1.165, 1.54) is 12.1 Å². The van der Waals surface area contributed by atoms with Gasteiger partial charge in [-0.05, 0) is 42.0 Å². The lowest BCUT2D eigenvalue weighted by Gasteiger charge is -2.23. The molecule has 128 valence electrons. The van der Waals surface area contributed by atoms with Crippen molar-refractivity contribution < 1.29 is 9.13 Å². The highest BCUT2D eigenvalue weighted by Gasteiger charge is 2.29. The van der Waals surface area contributed by atoms with Crippen LogP contribution in [0.5, 0.6) is 0 Å². The summed E-state index contributed by atoms with van der Waals surface area (Å²) < 4.78 is 20.7. The Labute approximate surface area is 149 Å². The highest BCUT2D eigenvalue weighted by atomic mass is 35.5. The van der Waals surface area contributed by atoms with Gasteiger partial charge in [-0.15, -0.1) is 5.10 Å². The molecule has 0 saturated carbocycles. The molecule has 5 nitrogen and oxygen atoms in total. The molecule has 0 unspecified atom stereocenters. The average molecular weight is 359 g/mol. The largest absolute Gasteiger partial charge is 0.350 e.